The summed E-state index contributed by atoms with van der Waals surface area (Å²) in [4.78, 5) is 4.24. The molecule has 0 radical (unpaired) electrons. The van der Waals surface area contributed by atoms with Gasteiger partial charge in [-0.25, -0.2) is 9.37 Å². The van der Waals surface area contributed by atoms with Crippen molar-refractivity contribution in [3.05, 3.63) is 52.8 Å². The van der Waals surface area contributed by atoms with Gasteiger partial charge in [-0.1, -0.05) is 24.6 Å². The molecule has 2 rings (SSSR count). The van der Waals surface area contributed by atoms with E-state index in [1.54, 1.807) is 18.5 Å². The Morgan fingerprint density at radius 2 is 2.28 bits per heavy atom. The Morgan fingerprint density at radius 3 is 3.00 bits per heavy atom. The molecule has 0 atom stereocenters. The molecule has 1 heterocycles. The van der Waals surface area contributed by atoms with Crippen molar-refractivity contribution in [2.45, 2.75) is 20.0 Å². The Kier molecular flexibility index (Phi) is 4.33. The Labute approximate surface area is 111 Å². The van der Waals surface area contributed by atoms with Crippen molar-refractivity contribution < 1.29 is 4.39 Å². The Hall–Kier alpha value is -1.39. The highest BCUT2D eigenvalue weighted by Gasteiger charge is 2.08. The van der Waals surface area contributed by atoms with Gasteiger partial charge in [0, 0.05) is 23.3 Å². The predicted octanol–water partition coefficient (Wildman–Crippen LogP) is 2.83. The molecular weight excluding hydrogens is 253 g/mol. The maximum absolute atomic E-state index is 13.6. The number of aromatic nitrogens is 2. The molecule has 0 aliphatic heterocycles. The van der Waals surface area contributed by atoms with E-state index >= 15 is 0 Å². The molecule has 3 nitrogen and oxygen atoms in total. The molecule has 0 fully saturated rings. The normalized spacial score (nSPS) is 10.8. The van der Waals surface area contributed by atoms with Crippen LogP contribution in [-0.4, -0.2) is 16.1 Å². The summed E-state index contributed by atoms with van der Waals surface area (Å²) in [5.41, 5.74) is 1.43. The van der Waals surface area contributed by atoms with Gasteiger partial charge in [-0.3, -0.25) is 0 Å². The predicted molar refractivity (Wildman–Crippen MR) is 70.1 cm³/mol. The van der Waals surface area contributed by atoms with E-state index in [2.05, 4.69) is 10.3 Å². The first-order valence-corrected chi connectivity index (χ1v) is 6.22. The summed E-state index contributed by atoms with van der Waals surface area (Å²) in [5.74, 6) is -0.288. The molecule has 0 unspecified atom stereocenters. The monoisotopic (exact) mass is 267 g/mol. The van der Waals surface area contributed by atoms with E-state index in [4.69, 9.17) is 11.6 Å². The number of rotatable bonds is 5. The quantitative estimate of drug-likeness (QED) is 0.903. The van der Waals surface area contributed by atoms with E-state index in [1.165, 1.54) is 6.07 Å². The highest BCUT2D eigenvalue weighted by molar-refractivity contribution is 6.31. The van der Waals surface area contributed by atoms with Gasteiger partial charge in [0.2, 0.25) is 0 Å². The number of nitrogens with zero attached hydrogens (tertiary/aromatic N) is 2. The lowest BCUT2D eigenvalue weighted by atomic mass is 10.2. The molecule has 1 N–H and O–H groups in total. The molecule has 96 valence electrons. The Morgan fingerprint density at radius 1 is 1.44 bits per heavy atom. The zero-order valence-electron chi connectivity index (χ0n) is 10.2. The fraction of sp³-hybridized carbons (Fsp3) is 0.308. The van der Waals surface area contributed by atoms with Crippen molar-refractivity contribution in [3.63, 3.8) is 0 Å². The van der Waals surface area contributed by atoms with Crippen molar-refractivity contribution >= 4 is 11.6 Å². The van der Waals surface area contributed by atoms with Crippen molar-refractivity contribution in [1.82, 2.24) is 14.9 Å². The summed E-state index contributed by atoms with van der Waals surface area (Å²) in [6, 6.07) is 4.71. The van der Waals surface area contributed by atoms with E-state index in [0.29, 0.717) is 23.7 Å². The maximum atomic E-state index is 13.6. The van der Waals surface area contributed by atoms with Gasteiger partial charge in [0.15, 0.2) is 0 Å². The highest BCUT2D eigenvalue weighted by atomic mass is 35.5. The Balaban J connectivity index is 2.11. The van der Waals surface area contributed by atoms with Crippen molar-refractivity contribution in [3.8, 4) is 0 Å². The van der Waals surface area contributed by atoms with E-state index in [1.807, 2.05) is 17.7 Å². The molecule has 0 spiro atoms. The minimum Gasteiger partial charge on any atom is -0.333 e. The fourth-order valence-electron chi connectivity index (χ4n) is 1.70. The number of nitrogens with one attached hydrogen (secondary N) is 1. The van der Waals surface area contributed by atoms with Crippen LogP contribution in [0, 0.1) is 5.82 Å². The van der Waals surface area contributed by atoms with Crippen LogP contribution in [0.3, 0.4) is 0 Å². The first-order chi connectivity index (χ1) is 8.70. The van der Waals surface area contributed by atoms with Gasteiger partial charge < -0.3 is 9.88 Å². The van der Waals surface area contributed by atoms with Crippen LogP contribution in [0.25, 0.3) is 0 Å². The van der Waals surface area contributed by atoms with E-state index in [0.717, 1.165) is 12.2 Å². The third kappa shape index (κ3) is 3.09. The minimum atomic E-state index is -0.288. The smallest absolute Gasteiger partial charge is 0.129 e. The standard InChI is InChI=1S/C13H15ClFN3/c1-2-16-6-10-7-18(9-17-10)8-11-12(14)4-3-5-13(11)15/h3-5,7,9,16H,2,6,8H2,1H3. The van der Waals surface area contributed by atoms with Gasteiger partial charge in [-0.2, -0.15) is 0 Å². The Bertz CT molecular complexity index is 504. The van der Waals surface area contributed by atoms with Crippen molar-refractivity contribution in [2.75, 3.05) is 6.54 Å². The van der Waals surface area contributed by atoms with Gasteiger partial charge in [-0.15, -0.1) is 0 Å². The summed E-state index contributed by atoms with van der Waals surface area (Å²) in [6.45, 7) is 4.04. The second-order valence-corrected chi connectivity index (χ2v) is 4.43. The third-order valence-electron chi connectivity index (χ3n) is 2.65. The molecule has 0 aliphatic carbocycles. The molecule has 1 aromatic heterocycles. The number of hydrogen-bond acceptors (Lipinski definition) is 2. The van der Waals surface area contributed by atoms with Crippen LogP contribution in [0.5, 0.6) is 0 Å². The number of hydrogen-bond donors (Lipinski definition) is 1. The van der Waals surface area contributed by atoms with Gasteiger partial charge >= 0.3 is 0 Å². The SMILES string of the molecule is CCNCc1cn(Cc2c(F)cccc2Cl)cn1. The first kappa shape index (κ1) is 13.1. The van der Waals surface area contributed by atoms with E-state index in [-0.39, 0.29) is 5.82 Å². The number of imidazole rings is 1. The number of halogens is 2. The molecule has 0 aliphatic rings. The molecule has 0 bridgehead atoms. The maximum Gasteiger partial charge on any atom is 0.129 e. The molecule has 18 heavy (non-hydrogen) atoms. The second-order valence-electron chi connectivity index (χ2n) is 4.02. The lowest BCUT2D eigenvalue weighted by Gasteiger charge is -2.06. The van der Waals surface area contributed by atoms with Crippen LogP contribution < -0.4 is 5.32 Å². The number of benzene rings is 1. The molecular formula is C13H15ClFN3. The van der Waals surface area contributed by atoms with Crippen LogP contribution in [0.2, 0.25) is 5.02 Å². The first-order valence-electron chi connectivity index (χ1n) is 5.85. The second kappa shape index (κ2) is 5.98. The highest BCUT2D eigenvalue weighted by Crippen LogP contribution is 2.20. The van der Waals surface area contributed by atoms with Crippen LogP contribution >= 0.6 is 11.6 Å². The van der Waals surface area contributed by atoms with Crippen molar-refractivity contribution in [2.24, 2.45) is 0 Å². The van der Waals surface area contributed by atoms with Gasteiger partial charge in [0.25, 0.3) is 0 Å². The topological polar surface area (TPSA) is 29.9 Å². The van der Waals surface area contributed by atoms with E-state index in [9.17, 15) is 4.39 Å². The van der Waals surface area contributed by atoms with Gasteiger partial charge in [0.05, 0.1) is 18.6 Å². The van der Waals surface area contributed by atoms with Gasteiger partial charge in [0.1, 0.15) is 5.82 Å². The van der Waals surface area contributed by atoms with Crippen LogP contribution in [0.15, 0.2) is 30.7 Å². The summed E-state index contributed by atoms with van der Waals surface area (Å²) >= 11 is 5.98. The largest absolute Gasteiger partial charge is 0.333 e. The zero-order valence-corrected chi connectivity index (χ0v) is 10.9. The lowest BCUT2D eigenvalue weighted by molar-refractivity contribution is 0.599. The molecule has 0 saturated heterocycles. The fourth-order valence-corrected chi connectivity index (χ4v) is 1.93. The lowest BCUT2D eigenvalue weighted by Crippen LogP contribution is -2.11. The summed E-state index contributed by atoms with van der Waals surface area (Å²) < 4.78 is 15.4. The average molecular weight is 268 g/mol. The van der Waals surface area contributed by atoms with Gasteiger partial charge in [-0.05, 0) is 18.7 Å². The molecule has 2 aromatic rings. The zero-order chi connectivity index (χ0) is 13.0. The average Bonchev–Trinajstić information content (AvgIpc) is 2.79. The summed E-state index contributed by atoms with van der Waals surface area (Å²) in [5, 5.41) is 3.63. The minimum absolute atomic E-state index is 0.288. The van der Waals surface area contributed by atoms with Crippen LogP contribution in [0.1, 0.15) is 18.2 Å². The molecule has 0 saturated carbocycles. The van der Waals surface area contributed by atoms with Crippen LogP contribution in [-0.2, 0) is 13.1 Å². The van der Waals surface area contributed by atoms with Crippen molar-refractivity contribution in [1.29, 1.82) is 0 Å². The molecule has 1 aromatic carbocycles. The van der Waals surface area contributed by atoms with E-state index < -0.39 is 0 Å². The molecule has 5 heteroatoms. The molecule has 0 amide bonds. The third-order valence-corrected chi connectivity index (χ3v) is 3.00. The van der Waals surface area contributed by atoms with Crippen LogP contribution in [0.4, 0.5) is 4.39 Å². The summed E-state index contributed by atoms with van der Waals surface area (Å²) in [6.07, 6.45) is 3.58. The summed E-state index contributed by atoms with van der Waals surface area (Å²) in [7, 11) is 0.